The molecule has 9 fully saturated rings. The maximum absolute atomic E-state index is 12.4. The second-order valence-electron chi connectivity index (χ2n) is 22.8. The Morgan fingerprint density at radius 2 is 0.774 bits per heavy atom. The summed E-state index contributed by atoms with van der Waals surface area (Å²) < 4.78 is 137. The summed E-state index contributed by atoms with van der Waals surface area (Å²) in [6, 6.07) is 0. The fourth-order valence-electron chi connectivity index (χ4n) is 13.2. The number of aliphatic hydroxyl groups excluding tert-OH is 1. The van der Waals surface area contributed by atoms with Crippen LogP contribution in [0, 0.1) is 27.4 Å². The van der Waals surface area contributed by atoms with E-state index in [4.69, 9.17) is 84.3 Å². The minimum Gasteiger partial charge on any atom is -1.00 e. The van der Waals surface area contributed by atoms with E-state index in [-0.39, 0.29) is 95.6 Å². The Hall–Kier alpha value is -2.35. The summed E-state index contributed by atoms with van der Waals surface area (Å²) in [6.45, 7) is 11.7. The molecule has 0 amide bonds. The predicted octanol–water partition coefficient (Wildman–Crippen LogP) is -6.66. The minimum absolute atomic E-state index is 0. The van der Waals surface area contributed by atoms with Gasteiger partial charge < -0.3 is 69.6 Å². The zero-order valence-electron chi connectivity index (χ0n) is 56.5. The van der Waals surface area contributed by atoms with Gasteiger partial charge in [-0.25, -0.2) is 14.4 Å². The number of hydrogen-bond acceptors (Lipinski definition) is 25. The van der Waals surface area contributed by atoms with Gasteiger partial charge in [-0.1, -0.05) is 46.5 Å². The molecule has 38 heteroatoms. The molecular formula is C55H84FN6Na3O26S2. The van der Waals surface area contributed by atoms with Crippen molar-refractivity contribution in [1.29, 1.82) is 0 Å². The molecule has 9 aliphatic rings. The Kier molecular flexibility index (Phi) is 33.4. The van der Waals surface area contributed by atoms with Gasteiger partial charge in [-0.05, 0) is 59.3 Å². The molecule has 32 nitrogen and oxygen atoms in total. The minimum atomic E-state index is -3.11. The van der Waals surface area contributed by atoms with Gasteiger partial charge >= 0.3 is 127 Å². The van der Waals surface area contributed by atoms with Gasteiger partial charge in [0.1, 0.15) is 30.5 Å². The average Bonchev–Trinajstić information content (AvgIpc) is 1.58. The smallest absolute Gasteiger partial charge is 1.00 e. The fourth-order valence-corrected chi connectivity index (χ4v) is 13.2. The SMILES string of the molecule is CC[C@@]1(OC)O[C@@H](n2cc(C)c(=O)[nH]c2=O)C2OC3(CCCCC3)O[C@H]21.CC[C@@]1(OC)O[C@@H](n2cc(C)c(=O)[nH]c2=O)C2OC3(CCCCC3)O[C@H]21.CC[C@@]1([CH-]O)O[C@@H](n2cc(C)c(=O)[nH]c2=O)C2OC3(CCCCC3)O[C@H]21.CF.O=S(=O)=O.O=S(=O)=O.[2H]O.[H-].[Na+].[Na+].[Na+].[OH-]. The van der Waals surface area contributed by atoms with Crippen molar-refractivity contribution in [2.24, 2.45) is 0 Å². The Labute approximate surface area is 606 Å². The summed E-state index contributed by atoms with van der Waals surface area (Å²) >= 11 is 0. The van der Waals surface area contributed by atoms with Crippen molar-refractivity contribution in [3.63, 3.8) is 0 Å². The maximum Gasteiger partial charge on any atom is 1.00 e. The number of aromatic nitrogens is 6. The summed E-state index contributed by atoms with van der Waals surface area (Å²) in [5.41, 5.74) is 3.61. The van der Waals surface area contributed by atoms with Crippen molar-refractivity contribution < 1.29 is 189 Å². The second-order valence-corrected chi connectivity index (χ2v) is 23.6. The molecular weight excluding hydrogens is 1310 g/mol. The van der Waals surface area contributed by atoms with Crippen LogP contribution in [-0.4, -0.2) is 163 Å². The predicted molar refractivity (Wildman–Crippen MR) is 308 cm³/mol. The molecule has 93 heavy (non-hydrogen) atoms. The standard InChI is InChI=1S/2C18H26N2O6.C18H25N2O6.CH3F.3Na.2O3S.2H2O.H/c2*1-4-18(23-3)13-12(24-17(25-13)8-6-5-7-9-17)15(26-18)20-10-11(2)14(21)19-16(20)22;1-3-17(10-21)13-12(24-18(25-13)7-5-4-6-8-18)15(26-17)20-9-11(2)14(22)19-16(20)23;1-2;;;;2*1-4(2)3;;;/h2*10,12-13,15H,4-9H2,1-3H3,(H,19,21,22);9-10,12-13,15,21H,3-8H2,1-2H3,(H,19,22,23);1H3;;;;;;2*1H2;/q;;-1;;3*+1;;;;;-1/p-1/t2*12?,13-,15-,18-;12?,13-,15-,17+;;;;;;;;;/m111........./s1/i/hD. The summed E-state index contributed by atoms with van der Waals surface area (Å²) in [5, 5.41) is 9.95. The number of nitrogens with zero attached hydrogens (tertiary/aromatic N) is 3. The number of halogens is 1. The van der Waals surface area contributed by atoms with E-state index in [0.29, 0.717) is 43.1 Å². The quantitative estimate of drug-likeness (QED) is 0.114. The van der Waals surface area contributed by atoms with Gasteiger partial charge in [-0.2, -0.15) is 6.61 Å². The Morgan fingerprint density at radius 3 is 1.02 bits per heavy atom. The van der Waals surface area contributed by atoms with E-state index in [1.807, 2.05) is 20.8 Å². The van der Waals surface area contributed by atoms with Gasteiger partial charge in [0.05, 0.1) is 13.3 Å². The van der Waals surface area contributed by atoms with Crippen LogP contribution in [0.5, 0.6) is 0 Å². The van der Waals surface area contributed by atoms with Crippen LogP contribution in [0.3, 0.4) is 0 Å². The number of aromatic amines is 3. The molecule has 0 radical (unpaired) electrons. The Morgan fingerprint density at radius 1 is 0.516 bits per heavy atom. The number of H-pyrrole nitrogens is 3. The molecule has 9 heterocycles. The van der Waals surface area contributed by atoms with Crippen molar-refractivity contribution in [1.82, 2.24) is 28.7 Å². The molecule has 3 saturated carbocycles. The van der Waals surface area contributed by atoms with Gasteiger partial charge in [-0.15, -0.1) is 25.3 Å². The molecule has 6 saturated heterocycles. The number of methoxy groups -OCH3 is 2. The molecule has 3 unspecified atom stereocenters. The van der Waals surface area contributed by atoms with Gasteiger partial charge in [0.15, 0.2) is 47.6 Å². The molecule has 7 N–H and O–H groups in total. The number of hydrogen-bond donors (Lipinski definition) is 4. The first-order valence-electron chi connectivity index (χ1n) is 29.8. The number of aliphatic hydroxyl groups is 1. The van der Waals surface area contributed by atoms with Gasteiger partial charge in [-0.3, -0.25) is 47.4 Å². The molecule has 3 aliphatic carbocycles. The zero-order valence-corrected chi connectivity index (χ0v) is 62.1. The van der Waals surface area contributed by atoms with E-state index in [1.54, 1.807) is 35.0 Å². The van der Waals surface area contributed by atoms with Crippen molar-refractivity contribution in [2.45, 2.75) is 247 Å². The topological polar surface area (TPSA) is 450 Å². The van der Waals surface area contributed by atoms with Crippen LogP contribution in [0.25, 0.3) is 0 Å². The first-order valence-corrected chi connectivity index (χ1v) is 31.3. The van der Waals surface area contributed by atoms with Crippen molar-refractivity contribution in [3.8, 4) is 0 Å². The molecule has 6 aliphatic heterocycles. The van der Waals surface area contributed by atoms with Gasteiger partial charge in [0.2, 0.25) is 1.43 Å². The average molecular weight is 1400 g/mol. The third-order valence-corrected chi connectivity index (χ3v) is 17.7. The molecule has 0 bridgehead atoms. The second kappa shape index (κ2) is 36.6. The van der Waals surface area contributed by atoms with Crippen LogP contribution in [-0.2, 0) is 73.3 Å². The van der Waals surface area contributed by atoms with E-state index in [1.165, 1.54) is 45.1 Å². The Bertz CT molecular complexity index is 3180. The molecule has 3 aromatic rings. The van der Waals surface area contributed by atoms with Gasteiger partial charge in [0.25, 0.3) is 16.7 Å². The molecule has 3 spiro atoms. The van der Waals surface area contributed by atoms with E-state index in [2.05, 4.69) is 15.0 Å². The third kappa shape index (κ3) is 18.6. The van der Waals surface area contributed by atoms with E-state index >= 15 is 0 Å². The van der Waals surface area contributed by atoms with Crippen LogP contribution in [0.15, 0.2) is 47.4 Å². The molecule has 12 rings (SSSR count). The Balaban J connectivity index is 0.000000640. The first kappa shape index (κ1) is 84.9. The van der Waals surface area contributed by atoms with Crippen LogP contribution < -0.4 is 122 Å². The zero-order chi connectivity index (χ0) is 66.7. The van der Waals surface area contributed by atoms with E-state index in [9.17, 15) is 38.3 Å². The summed E-state index contributed by atoms with van der Waals surface area (Å²) in [4.78, 5) is 79.3. The normalized spacial score (nSPS) is 30.6. The monoisotopic (exact) mass is 1400 g/mol. The number of alkyl halides is 1. The number of fused-ring (bicyclic) bond motifs is 3. The molecule has 12 atom stereocenters. The fraction of sp³-hybridized carbons (Fsp3) is 0.764. The summed E-state index contributed by atoms with van der Waals surface area (Å²) in [5.74, 6) is -3.91. The number of nitrogens with one attached hydrogen (secondary N) is 3. The molecule has 512 valence electrons. The van der Waals surface area contributed by atoms with Crippen LogP contribution in [0.1, 0.15) is 175 Å². The van der Waals surface area contributed by atoms with E-state index < -0.39 is 145 Å². The number of aryl methyl sites for hydroxylation is 3. The first-order chi connectivity index (χ1) is 42.8. The largest absolute Gasteiger partial charge is 1.00 e. The maximum atomic E-state index is 12.4. The van der Waals surface area contributed by atoms with Crippen LogP contribution in [0.2, 0.25) is 0 Å². The number of ether oxygens (including phenoxy) is 11. The van der Waals surface area contributed by atoms with Gasteiger partial charge in [0, 0.05) is 106 Å². The number of rotatable bonds is 9. The molecule has 3 aromatic heterocycles. The third-order valence-electron chi connectivity index (χ3n) is 17.7. The summed E-state index contributed by atoms with van der Waals surface area (Å²) in [7, 11) is -2.56. The van der Waals surface area contributed by atoms with Crippen LogP contribution in [0.4, 0.5) is 4.39 Å². The summed E-state index contributed by atoms with van der Waals surface area (Å²) in [6.07, 6.45) is 15.6. The van der Waals surface area contributed by atoms with Crippen LogP contribution >= 0.6 is 0 Å². The van der Waals surface area contributed by atoms with E-state index in [0.717, 1.165) is 90.1 Å². The molecule has 0 aromatic carbocycles. The van der Waals surface area contributed by atoms with Crippen molar-refractivity contribution in [2.75, 3.05) is 21.4 Å². The van der Waals surface area contributed by atoms with Crippen molar-refractivity contribution in [3.05, 3.63) is 104 Å². The van der Waals surface area contributed by atoms with Crippen molar-refractivity contribution >= 4 is 21.2 Å².